The van der Waals surface area contributed by atoms with Crippen molar-refractivity contribution < 1.29 is 127 Å². The highest BCUT2D eigenvalue weighted by atomic mass is 16.7. The molecule has 114 heavy (non-hydrogen) atoms. The molecule has 2 aliphatic heterocycles. The molecule has 6 aliphatic rings. The van der Waals surface area contributed by atoms with E-state index in [1.165, 1.54) is 37.1 Å². The van der Waals surface area contributed by atoms with Crippen LogP contribution < -0.4 is 48.1 Å². The van der Waals surface area contributed by atoms with Gasteiger partial charge in [0.15, 0.2) is 17.9 Å². The van der Waals surface area contributed by atoms with Crippen molar-refractivity contribution in [2.75, 3.05) is 40.1 Å². The number of aromatic hydroxyl groups is 2. The quantitative estimate of drug-likeness (QED) is 0.0188. The third-order valence-electron chi connectivity index (χ3n) is 21.6. The van der Waals surface area contributed by atoms with E-state index in [-0.39, 0.29) is 97.9 Å². The standard InChI is InChI=1S/C52H72N8O15.C27H29NO11/c1-28(2)22-38(52(73)74)56-48(69)39(25-61)58-47(68)37(20-21-42(53)64)55-51(72)45(30-12-5-4-6-13-30)59-49(70)40(26-62)57-46(67)29(3)54-50(71)41-23-31(63)24-60(41)43(65)18-11-19-44(66)75-27-36-34-16-9-7-14-32(34)33-15-8-10-17-35(33)36;1-10-22(31)13(28)6-17(38-10)39-15-8-27(36,16(30)9-29)7-12-19(15)26(35)21-20(24(12)33)23(32)11-4-3-5-14(37-2)18(11)25(21)34/h7-10,14-17,28-31,36-41,45,61-63H,4-6,11-13,18-27H2,1-3H3,(H2,53,64)(H,54,71)(H,55,72)(H,56,69)(H,57,67)(H,58,68)(H,59,70)(H,73,74);3-5,10,13,15,17,22,29,31,33,35-36H,6-9,28H2,1-2H3/t29-,31+,37-,38-,39-,40-,41-,45-;10?,13?,15-,17?,22?,27-/m00/s1. The average molecular weight is 1590 g/mol. The molecule has 4 unspecified atom stereocenters. The first-order valence-electron chi connectivity index (χ1n) is 38.0. The number of rotatable bonds is 32. The summed E-state index contributed by atoms with van der Waals surface area (Å²) in [6, 6.07) is 9.36. The van der Waals surface area contributed by atoms with Gasteiger partial charge >= 0.3 is 11.9 Å². The maximum atomic E-state index is 14.1. The third kappa shape index (κ3) is 20.2. The minimum atomic E-state index is -2.24. The molecule has 4 aromatic rings. The van der Waals surface area contributed by atoms with Gasteiger partial charge in [0.05, 0.1) is 61.4 Å². The number of hydrogen-bond acceptors (Lipinski definition) is 26. The fourth-order valence-corrected chi connectivity index (χ4v) is 15.5. The summed E-state index contributed by atoms with van der Waals surface area (Å²) in [5.41, 5.74) is 12.0. The van der Waals surface area contributed by atoms with Gasteiger partial charge in [-0.25, -0.2) is 4.79 Å². The topological polar surface area (TPSA) is 568 Å². The van der Waals surface area contributed by atoms with Crippen molar-refractivity contribution in [3.63, 3.8) is 0 Å². The van der Waals surface area contributed by atoms with Gasteiger partial charge in [0.1, 0.15) is 78.4 Å². The first kappa shape index (κ1) is 87.6. The Hall–Kier alpha value is -10.4. The van der Waals surface area contributed by atoms with E-state index < -0.39 is 229 Å². The normalized spacial score (nSPS) is 22.5. The second-order valence-corrected chi connectivity index (χ2v) is 30.1. The Morgan fingerprint density at radius 2 is 1.27 bits per heavy atom. The Kier molecular flexibility index (Phi) is 29.7. The van der Waals surface area contributed by atoms with Crippen molar-refractivity contribution in [1.82, 2.24) is 36.8 Å². The SMILES string of the molecule is CC(C)C[C@H](NC(=O)[C@H](CO)NC(=O)[C@H](CCC(N)=O)NC(=O)[C@@H](NC(=O)[C@H](CO)NC(=O)[C@H](C)NC(=O)[C@@H]1C[C@@H](O)CN1C(=O)CCCC(=O)OCC1c2ccccc2-c2ccccc21)C1CCCCC1)C(=O)O.COc1cccc2c1C(=O)c1c(O)c3c(c(O)c1C2=O)C[C@@](O)(C(=O)CO)C[C@@H]3OC1CC(N)C(O)C(C)O1. The Morgan fingerprint density at radius 3 is 1.87 bits per heavy atom. The highest BCUT2D eigenvalue weighted by molar-refractivity contribution is 6.31. The number of aliphatic carboxylic acids is 1. The Balaban J connectivity index is 0.000000317. The molecule has 8 amide bonds. The van der Waals surface area contributed by atoms with Gasteiger partial charge in [-0.05, 0) is 86.1 Å². The number of amides is 8. The van der Waals surface area contributed by atoms with Crippen molar-refractivity contribution in [3.05, 3.63) is 111 Å². The number of carbonyl (C=O) groups excluding carboxylic acids is 12. The smallest absolute Gasteiger partial charge is 0.326 e. The monoisotopic (exact) mass is 1590 g/mol. The number of methoxy groups -OCH3 is 1. The summed E-state index contributed by atoms with van der Waals surface area (Å²) in [5, 5.41) is 109. The number of benzene rings is 4. The lowest BCUT2D eigenvalue weighted by atomic mass is 9.72. The number of primary amides is 1. The average Bonchev–Trinajstić information content (AvgIpc) is 0.943. The number of nitrogens with two attached hydrogens (primary N) is 2. The number of β-amino-alcohol motifs (C(OH)–C–C–N with tert-alkyl or cyclic N) is 1. The molecular weight excluding hydrogens is 1490 g/mol. The highest BCUT2D eigenvalue weighted by Crippen LogP contribution is 2.53. The first-order chi connectivity index (χ1) is 54.1. The van der Waals surface area contributed by atoms with Gasteiger partial charge in [-0.3, -0.25) is 57.5 Å². The zero-order valence-electron chi connectivity index (χ0n) is 63.8. The van der Waals surface area contributed by atoms with Crippen LogP contribution in [0, 0.1) is 11.8 Å². The molecule has 35 nitrogen and oxygen atoms in total. The first-order valence-corrected chi connectivity index (χ1v) is 38.0. The molecule has 35 heteroatoms. The number of ketones is 3. The number of carboxylic acid groups (broad SMARTS) is 1. The molecule has 0 spiro atoms. The van der Waals surface area contributed by atoms with Crippen LogP contribution in [0.2, 0.25) is 0 Å². The van der Waals surface area contributed by atoms with Crippen LogP contribution in [0.3, 0.4) is 0 Å². The number of aliphatic hydroxyl groups excluding tert-OH is 5. The fraction of sp³-hybridized carbons (Fsp3) is 0.532. The zero-order valence-corrected chi connectivity index (χ0v) is 63.8. The number of nitrogens with zero attached hydrogens (tertiary/aromatic N) is 1. The number of fused-ring (bicyclic) bond motifs is 6. The molecule has 2 saturated heterocycles. The number of hydrogen-bond donors (Lipinski definition) is 17. The Morgan fingerprint density at radius 1 is 0.684 bits per heavy atom. The van der Waals surface area contributed by atoms with Gasteiger partial charge in [-0.2, -0.15) is 0 Å². The molecule has 0 bridgehead atoms. The summed E-state index contributed by atoms with van der Waals surface area (Å²) < 4.78 is 22.6. The van der Waals surface area contributed by atoms with Gasteiger partial charge in [0, 0.05) is 80.1 Å². The number of phenols is 2. The predicted molar refractivity (Wildman–Crippen MR) is 400 cm³/mol. The number of nitrogens with one attached hydrogen (secondary N) is 6. The summed E-state index contributed by atoms with van der Waals surface area (Å²) >= 11 is 0. The lowest BCUT2D eigenvalue weighted by Gasteiger charge is -2.42. The van der Waals surface area contributed by atoms with Crippen LogP contribution in [0.4, 0.5) is 0 Å². The number of phenolic OH excluding ortho intramolecular Hbond substituents is 2. The summed E-state index contributed by atoms with van der Waals surface area (Å²) in [7, 11) is 1.32. The van der Waals surface area contributed by atoms with E-state index in [2.05, 4.69) is 31.9 Å². The van der Waals surface area contributed by atoms with Gasteiger partial charge < -0.3 is 113 Å². The van der Waals surface area contributed by atoms with Crippen LogP contribution in [-0.4, -0.2) is 246 Å². The van der Waals surface area contributed by atoms with Crippen LogP contribution in [0.1, 0.15) is 184 Å². The second-order valence-electron chi connectivity index (χ2n) is 30.1. The van der Waals surface area contributed by atoms with Crippen molar-refractivity contribution in [2.45, 2.75) is 215 Å². The van der Waals surface area contributed by atoms with Crippen LogP contribution >= 0.6 is 0 Å². The summed E-state index contributed by atoms with van der Waals surface area (Å²) in [5.74, 6) is -13.4. The van der Waals surface area contributed by atoms with Crippen molar-refractivity contribution >= 4 is 76.5 Å². The summed E-state index contributed by atoms with van der Waals surface area (Å²) in [6.45, 7) is 3.35. The number of esters is 1. The molecule has 618 valence electrons. The number of carboxylic acids is 1. The largest absolute Gasteiger partial charge is 0.507 e. The molecule has 10 rings (SSSR count). The van der Waals surface area contributed by atoms with E-state index in [1.54, 1.807) is 20.8 Å². The minimum absolute atomic E-state index is 0.0173. The lowest BCUT2D eigenvalue weighted by molar-refractivity contribution is -0.247. The van der Waals surface area contributed by atoms with Gasteiger partial charge in [-0.15, -0.1) is 0 Å². The van der Waals surface area contributed by atoms with Crippen molar-refractivity contribution in [2.24, 2.45) is 23.3 Å². The predicted octanol–water partition coefficient (Wildman–Crippen LogP) is -0.635. The molecule has 19 N–H and O–H groups in total. The molecule has 4 aromatic carbocycles. The van der Waals surface area contributed by atoms with E-state index in [9.17, 15) is 108 Å². The van der Waals surface area contributed by atoms with Gasteiger partial charge in [-0.1, -0.05) is 93.8 Å². The number of aliphatic hydroxyl groups is 6. The molecule has 2 heterocycles. The van der Waals surface area contributed by atoms with Crippen LogP contribution in [0.5, 0.6) is 17.2 Å². The molecule has 3 fully saturated rings. The molecule has 1 saturated carbocycles. The molecule has 4 aliphatic carbocycles. The highest BCUT2D eigenvalue weighted by Gasteiger charge is 2.51. The third-order valence-corrected chi connectivity index (χ3v) is 21.6. The summed E-state index contributed by atoms with van der Waals surface area (Å²) in [4.78, 5) is 172. The van der Waals surface area contributed by atoms with E-state index in [1.807, 2.05) is 48.5 Å². The van der Waals surface area contributed by atoms with E-state index in [0.717, 1.165) is 28.7 Å². The van der Waals surface area contributed by atoms with Gasteiger partial charge in [0.25, 0.3) is 0 Å². The van der Waals surface area contributed by atoms with Gasteiger partial charge in [0.2, 0.25) is 53.0 Å². The Labute approximate surface area is 655 Å². The van der Waals surface area contributed by atoms with E-state index in [0.29, 0.717) is 25.7 Å². The number of Topliss-reactive ketones (excluding diaryl/α,β-unsaturated/α-hetero) is 1. The molecule has 14 atom stereocenters. The molecule has 0 radical (unpaired) electrons. The van der Waals surface area contributed by atoms with Crippen molar-refractivity contribution in [3.8, 4) is 28.4 Å². The van der Waals surface area contributed by atoms with Crippen LogP contribution in [-0.2, 0) is 73.4 Å². The number of likely N-dealkylation sites (tertiary alicyclic amines) is 1. The molecular formula is C79H101N9O26. The minimum Gasteiger partial charge on any atom is -0.507 e. The van der Waals surface area contributed by atoms with Crippen LogP contribution in [0.25, 0.3) is 11.1 Å². The number of carbonyl (C=O) groups is 13. The maximum Gasteiger partial charge on any atom is 0.326 e. The maximum absolute atomic E-state index is 14.1. The number of ether oxygens (including phenoxy) is 4. The zero-order chi connectivity index (χ0) is 83.3. The van der Waals surface area contributed by atoms with E-state index in [4.69, 9.17) is 30.4 Å². The molecule has 0 aromatic heterocycles. The van der Waals surface area contributed by atoms with E-state index >= 15 is 0 Å². The second kappa shape index (κ2) is 38.6. The summed E-state index contributed by atoms with van der Waals surface area (Å²) in [6.07, 6.45) is -4.07. The lowest BCUT2D eigenvalue weighted by Crippen LogP contribution is -2.61. The van der Waals surface area contributed by atoms with Crippen LogP contribution in [0.15, 0.2) is 66.7 Å². The fourth-order valence-electron chi connectivity index (χ4n) is 15.5. The Bertz CT molecular complexity index is 4240. The van der Waals surface area contributed by atoms with Crippen molar-refractivity contribution in [1.29, 1.82) is 0 Å².